The molecule has 0 spiro atoms. The van der Waals surface area contributed by atoms with Gasteiger partial charge in [0.05, 0.1) is 18.2 Å². The number of carbonyl (C=O) groups is 1. The second-order valence-corrected chi connectivity index (χ2v) is 5.28. The fraction of sp³-hybridized carbons (Fsp3) is 0.462. The third kappa shape index (κ3) is 3.23. The van der Waals surface area contributed by atoms with Crippen LogP contribution in [0.5, 0.6) is 0 Å². The summed E-state index contributed by atoms with van der Waals surface area (Å²) in [5.74, 6) is 1.08. The molecule has 2 rings (SSSR count). The van der Waals surface area contributed by atoms with Gasteiger partial charge in [-0.25, -0.2) is 0 Å². The van der Waals surface area contributed by atoms with Crippen LogP contribution in [0, 0.1) is 5.92 Å². The molecule has 1 aromatic rings. The zero-order chi connectivity index (χ0) is 12.1. The van der Waals surface area contributed by atoms with Gasteiger partial charge in [-0.1, -0.05) is 19.1 Å². The first-order valence-electron chi connectivity index (χ1n) is 5.91. The summed E-state index contributed by atoms with van der Waals surface area (Å²) >= 11 is 1.74. The van der Waals surface area contributed by atoms with E-state index in [0.29, 0.717) is 13.2 Å². The van der Waals surface area contributed by atoms with Gasteiger partial charge in [0.2, 0.25) is 5.91 Å². The van der Waals surface area contributed by atoms with Crippen molar-refractivity contribution in [2.45, 2.75) is 18.2 Å². The van der Waals surface area contributed by atoms with Gasteiger partial charge in [-0.3, -0.25) is 4.79 Å². The summed E-state index contributed by atoms with van der Waals surface area (Å²) in [5, 5.41) is 3.00. The predicted molar refractivity (Wildman–Crippen MR) is 70.4 cm³/mol. The van der Waals surface area contributed by atoms with Gasteiger partial charge in [0.15, 0.2) is 0 Å². The van der Waals surface area contributed by atoms with E-state index in [1.165, 1.54) is 0 Å². The smallest absolute Gasteiger partial charge is 0.229 e. The molecule has 0 saturated carbocycles. The Balaban J connectivity index is 2.04. The molecule has 1 aliphatic rings. The minimum absolute atomic E-state index is 0.00897. The Morgan fingerprint density at radius 3 is 3.06 bits per heavy atom. The van der Waals surface area contributed by atoms with Gasteiger partial charge < -0.3 is 10.1 Å². The van der Waals surface area contributed by atoms with Crippen molar-refractivity contribution >= 4 is 23.4 Å². The predicted octanol–water partition coefficient (Wildman–Crippen LogP) is 2.77. The maximum Gasteiger partial charge on any atom is 0.229 e. The van der Waals surface area contributed by atoms with Gasteiger partial charge in [0.25, 0.3) is 0 Å². The third-order valence-electron chi connectivity index (χ3n) is 2.75. The lowest BCUT2D eigenvalue weighted by Crippen LogP contribution is -2.23. The molecule has 1 aliphatic heterocycles. The molecule has 1 atom stereocenters. The van der Waals surface area contributed by atoms with Crippen LogP contribution in [-0.4, -0.2) is 24.9 Å². The number of carbonyl (C=O) groups excluding carboxylic acids is 1. The molecule has 1 aromatic carbocycles. The number of amides is 1. The fourth-order valence-electron chi connectivity index (χ4n) is 1.83. The number of benzene rings is 1. The molecule has 1 amide bonds. The van der Waals surface area contributed by atoms with E-state index in [1.54, 1.807) is 11.8 Å². The van der Waals surface area contributed by atoms with Crippen LogP contribution in [0.1, 0.15) is 13.3 Å². The van der Waals surface area contributed by atoms with Gasteiger partial charge in [-0.15, -0.1) is 11.8 Å². The van der Waals surface area contributed by atoms with Crippen LogP contribution in [0.3, 0.4) is 0 Å². The molecule has 92 valence electrons. The Labute approximate surface area is 106 Å². The number of ether oxygens (including phenoxy) is 1. The molecular weight excluding hydrogens is 234 g/mol. The van der Waals surface area contributed by atoms with Gasteiger partial charge >= 0.3 is 0 Å². The van der Waals surface area contributed by atoms with Crippen molar-refractivity contribution in [1.29, 1.82) is 0 Å². The zero-order valence-corrected chi connectivity index (χ0v) is 10.8. The largest absolute Gasteiger partial charge is 0.381 e. The average Bonchev–Trinajstić information content (AvgIpc) is 2.85. The summed E-state index contributed by atoms with van der Waals surface area (Å²) in [4.78, 5) is 13.1. The molecule has 0 aromatic heterocycles. The normalized spacial score (nSPS) is 19.2. The molecule has 0 bridgehead atoms. The summed E-state index contributed by atoms with van der Waals surface area (Å²) in [6.45, 7) is 3.35. The maximum atomic E-state index is 12.0. The minimum Gasteiger partial charge on any atom is -0.381 e. The number of hydrogen-bond acceptors (Lipinski definition) is 3. The summed E-state index contributed by atoms with van der Waals surface area (Å²) in [5.41, 5.74) is 0.913. The first kappa shape index (κ1) is 12.5. The average molecular weight is 251 g/mol. The van der Waals surface area contributed by atoms with Gasteiger partial charge in [0, 0.05) is 11.5 Å². The van der Waals surface area contributed by atoms with Crippen molar-refractivity contribution < 1.29 is 9.53 Å². The summed E-state index contributed by atoms with van der Waals surface area (Å²) in [6.07, 6.45) is 0.828. The second-order valence-electron chi connectivity index (χ2n) is 3.98. The van der Waals surface area contributed by atoms with Crippen molar-refractivity contribution in [2.75, 3.05) is 24.3 Å². The molecule has 4 heteroatoms. The Hall–Kier alpha value is -1.00. The Kier molecular flexibility index (Phi) is 4.45. The van der Waals surface area contributed by atoms with Gasteiger partial charge in [-0.05, 0) is 24.3 Å². The lowest BCUT2D eigenvalue weighted by Gasteiger charge is -2.12. The number of rotatable bonds is 4. The highest BCUT2D eigenvalue weighted by atomic mass is 32.2. The van der Waals surface area contributed by atoms with Crippen LogP contribution in [0.15, 0.2) is 29.2 Å². The maximum absolute atomic E-state index is 12.0. The first-order chi connectivity index (χ1) is 8.31. The Morgan fingerprint density at radius 1 is 1.53 bits per heavy atom. The molecule has 1 heterocycles. The van der Waals surface area contributed by atoms with Crippen LogP contribution in [0.4, 0.5) is 5.69 Å². The highest BCUT2D eigenvalue weighted by Crippen LogP contribution is 2.27. The number of hydrogen-bond donors (Lipinski definition) is 1. The number of thioether (sulfide) groups is 1. The van der Waals surface area contributed by atoms with Crippen LogP contribution in [-0.2, 0) is 9.53 Å². The molecule has 17 heavy (non-hydrogen) atoms. The topological polar surface area (TPSA) is 38.3 Å². The lowest BCUT2D eigenvalue weighted by molar-refractivity contribution is -0.119. The van der Waals surface area contributed by atoms with Crippen molar-refractivity contribution in [3.8, 4) is 0 Å². The highest BCUT2D eigenvalue weighted by molar-refractivity contribution is 7.99. The quantitative estimate of drug-likeness (QED) is 0.836. The molecule has 3 nitrogen and oxygen atoms in total. The van der Waals surface area contributed by atoms with E-state index in [-0.39, 0.29) is 11.8 Å². The lowest BCUT2D eigenvalue weighted by atomic mass is 10.1. The highest BCUT2D eigenvalue weighted by Gasteiger charge is 2.23. The van der Waals surface area contributed by atoms with Crippen LogP contribution < -0.4 is 5.32 Å². The van der Waals surface area contributed by atoms with E-state index in [1.807, 2.05) is 24.3 Å². The first-order valence-corrected chi connectivity index (χ1v) is 6.90. The standard InChI is InChI=1S/C13H17NO2S/c1-2-17-12-6-4-3-5-11(12)14-13(15)10-7-8-16-9-10/h3-6,10H,2,7-9H2,1H3,(H,14,15). The van der Waals surface area contributed by atoms with Gasteiger partial charge in [0.1, 0.15) is 0 Å². The Morgan fingerprint density at radius 2 is 2.35 bits per heavy atom. The van der Waals surface area contributed by atoms with Crippen LogP contribution in [0.25, 0.3) is 0 Å². The summed E-state index contributed by atoms with van der Waals surface area (Å²) < 4.78 is 5.23. The third-order valence-corrected chi connectivity index (χ3v) is 3.70. The van der Waals surface area contributed by atoms with E-state index >= 15 is 0 Å². The molecule has 0 radical (unpaired) electrons. The minimum atomic E-state index is 0.00897. The summed E-state index contributed by atoms with van der Waals surface area (Å²) in [7, 11) is 0. The van der Waals surface area contributed by atoms with E-state index in [0.717, 1.165) is 22.8 Å². The number of para-hydroxylation sites is 1. The van der Waals surface area contributed by atoms with Gasteiger partial charge in [-0.2, -0.15) is 0 Å². The van der Waals surface area contributed by atoms with E-state index < -0.39 is 0 Å². The van der Waals surface area contributed by atoms with E-state index in [9.17, 15) is 4.79 Å². The molecule has 1 unspecified atom stereocenters. The molecule has 1 fully saturated rings. The van der Waals surface area contributed by atoms with Crippen LogP contribution >= 0.6 is 11.8 Å². The second kappa shape index (κ2) is 6.07. The Bertz CT molecular complexity index is 389. The van der Waals surface area contributed by atoms with E-state index in [2.05, 4.69) is 12.2 Å². The van der Waals surface area contributed by atoms with Crippen molar-refractivity contribution in [3.63, 3.8) is 0 Å². The van der Waals surface area contributed by atoms with Crippen molar-refractivity contribution in [3.05, 3.63) is 24.3 Å². The SMILES string of the molecule is CCSc1ccccc1NC(=O)C1CCOC1. The van der Waals surface area contributed by atoms with Crippen LogP contribution in [0.2, 0.25) is 0 Å². The monoisotopic (exact) mass is 251 g/mol. The van der Waals surface area contributed by atoms with E-state index in [4.69, 9.17) is 4.74 Å². The molecular formula is C13H17NO2S. The summed E-state index contributed by atoms with van der Waals surface area (Å²) in [6, 6.07) is 7.92. The van der Waals surface area contributed by atoms with Crippen molar-refractivity contribution in [1.82, 2.24) is 0 Å². The molecule has 1 saturated heterocycles. The number of nitrogens with one attached hydrogen (secondary N) is 1. The number of anilines is 1. The molecule has 0 aliphatic carbocycles. The van der Waals surface area contributed by atoms with Crippen molar-refractivity contribution in [2.24, 2.45) is 5.92 Å². The fourth-order valence-corrected chi connectivity index (χ4v) is 2.59. The molecule has 1 N–H and O–H groups in total. The zero-order valence-electron chi connectivity index (χ0n) is 9.94.